The minimum atomic E-state index is -3.03. The van der Waals surface area contributed by atoms with Crippen LogP contribution in [0.5, 0.6) is 0 Å². The second-order valence-corrected chi connectivity index (χ2v) is 11.1. The van der Waals surface area contributed by atoms with Crippen LogP contribution in [0.2, 0.25) is 0 Å². The van der Waals surface area contributed by atoms with Gasteiger partial charge in [-0.25, -0.2) is 18.4 Å². The lowest BCUT2D eigenvalue weighted by atomic mass is 10.2. The molecule has 0 radical (unpaired) electrons. The largest absolute Gasteiger partial charge is 0.379 e. The molecule has 2 saturated heterocycles. The molecule has 168 valence electrons. The molecule has 2 aliphatic heterocycles. The highest BCUT2D eigenvalue weighted by molar-refractivity contribution is 8.00. The van der Waals surface area contributed by atoms with Gasteiger partial charge in [0.2, 0.25) is 5.91 Å². The third-order valence-corrected chi connectivity index (χ3v) is 8.45. The van der Waals surface area contributed by atoms with E-state index < -0.39 is 9.84 Å². The summed E-state index contributed by atoms with van der Waals surface area (Å²) in [4.78, 5) is 26.4. The maximum atomic E-state index is 12.9. The van der Waals surface area contributed by atoms with Gasteiger partial charge in [-0.3, -0.25) is 9.69 Å². The molecule has 2 aliphatic rings. The molecule has 0 aliphatic carbocycles. The van der Waals surface area contributed by atoms with E-state index in [0.29, 0.717) is 32.7 Å². The number of para-hydroxylation sites is 1. The summed E-state index contributed by atoms with van der Waals surface area (Å²) in [5, 5.41) is 1.72. The molecule has 1 aromatic carbocycles. The van der Waals surface area contributed by atoms with Gasteiger partial charge in [0, 0.05) is 31.1 Å². The molecule has 1 amide bonds. The van der Waals surface area contributed by atoms with Gasteiger partial charge in [-0.05, 0) is 19.4 Å². The molecule has 0 unspecified atom stereocenters. The molecular formula is C21H28N4O4S2. The molecule has 1 atom stereocenters. The Kier molecular flexibility index (Phi) is 7.10. The Morgan fingerprint density at radius 1 is 1.26 bits per heavy atom. The Balaban J connectivity index is 1.49. The van der Waals surface area contributed by atoms with Gasteiger partial charge >= 0.3 is 0 Å². The maximum absolute atomic E-state index is 12.9. The molecule has 0 bridgehead atoms. The van der Waals surface area contributed by atoms with Crippen LogP contribution in [0.3, 0.4) is 0 Å². The van der Waals surface area contributed by atoms with Crippen LogP contribution in [0.1, 0.15) is 19.2 Å². The van der Waals surface area contributed by atoms with Crippen LogP contribution in [-0.2, 0) is 25.9 Å². The molecule has 10 heteroatoms. The quantitative estimate of drug-likeness (QED) is 0.451. The van der Waals surface area contributed by atoms with Crippen LogP contribution >= 0.6 is 11.8 Å². The Bertz CT molecular complexity index is 1040. The molecule has 2 aromatic rings. The zero-order chi connectivity index (χ0) is 21.8. The highest BCUT2D eigenvalue weighted by atomic mass is 32.2. The highest BCUT2D eigenvalue weighted by Crippen LogP contribution is 2.27. The number of ether oxygens (including phenoxy) is 1. The van der Waals surface area contributed by atoms with Gasteiger partial charge in [0.25, 0.3) is 0 Å². The van der Waals surface area contributed by atoms with Gasteiger partial charge in [-0.2, -0.15) is 0 Å². The van der Waals surface area contributed by atoms with E-state index in [1.54, 1.807) is 4.90 Å². The Morgan fingerprint density at radius 3 is 2.74 bits per heavy atom. The third-order valence-electron chi connectivity index (χ3n) is 5.73. The van der Waals surface area contributed by atoms with E-state index in [-0.39, 0.29) is 29.2 Å². The number of thioether (sulfide) groups is 1. The van der Waals surface area contributed by atoms with Crippen molar-refractivity contribution >= 4 is 38.4 Å². The number of carbonyl (C=O) groups is 1. The van der Waals surface area contributed by atoms with E-state index in [2.05, 4.69) is 4.90 Å². The van der Waals surface area contributed by atoms with E-state index >= 15 is 0 Å². The summed E-state index contributed by atoms with van der Waals surface area (Å²) in [6.45, 7) is 6.19. The Hall–Kier alpha value is -1.75. The zero-order valence-electron chi connectivity index (χ0n) is 17.7. The lowest BCUT2D eigenvalue weighted by Gasteiger charge is -2.27. The average Bonchev–Trinajstić information content (AvgIpc) is 3.12. The topological polar surface area (TPSA) is 92.7 Å². The van der Waals surface area contributed by atoms with Crippen molar-refractivity contribution in [3.63, 3.8) is 0 Å². The summed E-state index contributed by atoms with van der Waals surface area (Å²) in [7, 11) is -3.03. The fourth-order valence-electron chi connectivity index (χ4n) is 4.11. The number of benzene rings is 1. The van der Waals surface area contributed by atoms with Crippen molar-refractivity contribution in [3.05, 3.63) is 30.1 Å². The zero-order valence-corrected chi connectivity index (χ0v) is 19.3. The van der Waals surface area contributed by atoms with E-state index in [4.69, 9.17) is 14.7 Å². The van der Waals surface area contributed by atoms with Gasteiger partial charge in [0.1, 0.15) is 10.9 Å². The summed E-state index contributed by atoms with van der Waals surface area (Å²) >= 11 is 1.40. The molecule has 8 nitrogen and oxygen atoms in total. The predicted molar refractivity (Wildman–Crippen MR) is 121 cm³/mol. The number of hydrogen-bond donors (Lipinski definition) is 0. The van der Waals surface area contributed by atoms with Gasteiger partial charge in [0.05, 0.1) is 42.5 Å². The number of amides is 1. The molecular weight excluding hydrogens is 436 g/mol. The monoisotopic (exact) mass is 464 g/mol. The van der Waals surface area contributed by atoms with Crippen molar-refractivity contribution in [1.29, 1.82) is 0 Å². The third kappa shape index (κ3) is 5.54. The van der Waals surface area contributed by atoms with Crippen LogP contribution < -0.4 is 0 Å². The van der Waals surface area contributed by atoms with Crippen LogP contribution in [0.4, 0.5) is 0 Å². The summed E-state index contributed by atoms with van der Waals surface area (Å²) in [5.41, 5.74) is 0.866. The molecule has 31 heavy (non-hydrogen) atoms. The standard InChI is InChI=1S/C21H28N4O4S2/c1-2-25(16-7-12-31(27,28)15-16)20(26)14-30-21-17-5-3-4-6-18(17)22-19(23-21)13-24-8-10-29-11-9-24/h3-6,16H,2,7-15H2,1H3/t16-/m1/s1. The number of aromatic nitrogens is 2. The summed E-state index contributed by atoms with van der Waals surface area (Å²) in [5.74, 6) is 1.15. The fraction of sp³-hybridized carbons (Fsp3) is 0.571. The number of rotatable bonds is 7. The molecule has 3 heterocycles. The number of carbonyl (C=O) groups excluding carboxylic acids is 1. The van der Waals surface area contributed by atoms with Crippen LogP contribution in [-0.4, -0.2) is 90.2 Å². The normalized spacial score (nSPS) is 21.4. The van der Waals surface area contributed by atoms with Gasteiger partial charge in [0.15, 0.2) is 9.84 Å². The first-order valence-electron chi connectivity index (χ1n) is 10.6. The first-order chi connectivity index (χ1) is 14.9. The van der Waals surface area contributed by atoms with E-state index in [1.807, 2.05) is 31.2 Å². The van der Waals surface area contributed by atoms with Gasteiger partial charge in [-0.15, -0.1) is 0 Å². The Morgan fingerprint density at radius 2 is 2.03 bits per heavy atom. The average molecular weight is 465 g/mol. The van der Waals surface area contributed by atoms with Crippen molar-refractivity contribution < 1.29 is 17.9 Å². The number of hydrogen-bond acceptors (Lipinski definition) is 8. The van der Waals surface area contributed by atoms with E-state index in [1.165, 1.54) is 11.8 Å². The van der Waals surface area contributed by atoms with E-state index in [9.17, 15) is 13.2 Å². The lowest BCUT2D eigenvalue weighted by molar-refractivity contribution is -0.129. The maximum Gasteiger partial charge on any atom is 0.233 e. The first kappa shape index (κ1) is 22.4. The number of fused-ring (bicyclic) bond motifs is 1. The minimum Gasteiger partial charge on any atom is -0.379 e. The molecule has 1 aromatic heterocycles. The smallest absolute Gasteiger partial charge is 0.233 e. The second kappa shape index (κ2) is 9.81. The van der Waals surface area contributed by atoms with Crippen molar-refractivity contribution in [3.8, 4) is 0 Å². The number of morpholine rings is 1. The van der Waals surface area contributed by atoms with Gasteiger partial charge in [-0.1, -0.05) is 30.0 Å². The van der Waals surface area contributed by atoms with Crippen LogP contribution in [0.15, 0.2) is 29.3 Å². The summed E-state index contributed by atoms with van der Waals surface area (Å²) in [6, 6.07) is 7.62. The van der Waals surface area contributed by atoms with Crippen molar-refractivity contribution in [2.75, 3.05) is 50.1 Å². The fourth-order valence-corrected chi connectivity index (χ4v) is 6.76. The number of nitrogens with zero attached hydrogens (tertiary/aromatic N) is 4. The highest BCUT2D eigenvalue weighted by Gasteiger charge is 2.33. The lowest BCUT2D eigenvalue weighted by Crippen LogP contribution is -2.41. The van der Waals surface area contributed by atoms with Crippen molar-refractivity contribution in [1.82, 2.24) is 19.8 Å². The van der Waals surface area contributed by atoms with Crippen molar-refractivity contribution in [2.24, 2.45) is 0 Å². The first-order valence-corrected chi connectivity index (χ1v) is 13.4. The SMILES string of the molecule is CCN(C(=O)CSc1nc(CN2CCOCC2)nc2ccccc12)[C@@H]1CCS(=O)(=O)C1. The minimum absolute atomic E-state index is 0.0491. The molecule has 0 N–H and O–H groups in total. The Labute approximate surface area is 187 Å². The van der Waals surface area contributed by atoms with E-state index in [0.717, 1.165) is 34.8 Å². The van der Waals surface area contributed by atoms with Crippen LogP contribution in [0.25, 0.3) is 10.9 Å². The van der Waals surface area contributed by atoms with Crippen molar-refractivity contribution in [2.45, 2.75) is 31.0 Å². The summed E-state index contributed by atoms with van der Waals surface area (Å²) < 4.78 is 29.1. The predicted octanol–water partition coefficient (Wildman–Crippen LogP) is 1.59. The van der Waals surface area contributed by atoms with Gasteiger partial charge < -0.3 is 9.64 Å². The number of sulfone groups is 1. The molecule has 0 spiro atoms. The molecule has 2 fully saturated rings. The molecule has 0 saturated carbocycles. The summed E-state index contributed by atoms with van der Waals surface area (Å²) in [6.07, 6.45) is 0.521. The van der Waals surface area contributed by atoms with Crippen LogP contribution in [0, 0.1) is 0 Å². The molecule has 4 rings (SSSR count). The second-order valence-electron chi connectivity index (χ2n) is 7.88.